The highest BCUT2D eigenvalue weighted by Crippen LogP contribution is 2.33. The van der Waals surface area contributed by atoms with Gasteiger partial charge in [0.1, 0.15) is 11.3 Å². The molecule has 1 amide bonds. The van der Waals surface area contributed by atoms with Crippen LogP contribution in [0.25, 0.3) is 16.9 Å². The number of nitrogens with one attached hydrogen (secondary N) is 1. The lowest BCUT2D eigenvalue weighted by molar-refractivity contribution is 0.0956. The van der Waals surface area contributed by atoms with Crippen molar-refractivity contribution in [3.63, 3.8) is 0 Å². The molecule has 2 heterocycles. The summed E-state index contributed by atoms with van der Waals surface area (Å²) in [5.41, 5.74) is 6.47. The first kappa shape index (κ1) is 21.8. The summed E-state index contributed by atoms with van der Waals surface area (Å²) in [5, 5.41) is 8.38. The molecule has 0 radical (unpaired) electrons. The number of fused-ring (bicyclic) bond motifs is 1. The number of hydrogen-bond donors (Lipinski definition) is 1. The van der Waals surface area contributed by atoms with E-state index in [1.807, 2.05) is 43.3 Å². The molecule has 4 aromatic rings. The molecular formula is C24H23N5O4. The first-order valence-corrected chi connectivity index (χ1v) is 10.1. The van der Waals surface area contributed by atoms with Crippen LogP contribution in [0.2, 0.25) is 0 Å². The fourth-order valence-electron chi connectivity index (χ4n) is 3.40. The lowest BCUT2D eigenvalue weighted by Gasteiger charge is -2.11. The molecule has 168 valence electrons. The van der Waals surface area contributed by atoms with Crippen molar-refractivity contribution in [2.45, 2.75) is 6.92 Å². The minimum Gasteiger partial charge on any atom is -0.496 e. The number of nitrogens with zero attached hydrogens (tertiary/aromatic N) is 4. The van der Waals surface area contributed by atoms with Gasteiger partial charge in [-0.1, -0.05) is 30.3 Å². The third-order valence-electron chi connectivity index (χ3n) is 5.07. The topological polar surface area (TPSA) is 99.3 Å². The van der Waals surface area contributed by atoms with Gasteiger partial charge in [0, 0.05) is 22.9 Å². The third-order valence-corrected chi connectivity index (χ3v) is 5.07. The summed E-state index contributed by atoms with van der Waals surface area (Å²) in [5.74, 6) is 1.13. The molecule has 0 bridgehead atoms. The summed E-state index contributed by atoms with van der Waals surface area (Å²) in [6, 6.07) is 15.1. The number of carbonyl (C=O) groups is 1. The Kier molecular flexibility index (Phi) is 6.21. The molecule has 0 atom stereocenters. The Bertz CT molecular complexity index is 1330. The van der Waals surface area contributed by atoms with E-state index in [2.05, 4.69) is 20.6 Å². The summed E-state index contributed by atoms with van der Waals surface area (Å²) < 4.78 is 17.6. The van der Waals surface area contributed by atoms with Gasteiger partial charge in [-0.25, -0.2) is 14.9 Å². The van der Waals surface area contributed by atoms with Crippen LogP contribution in [0.5, 0.6) is 17.2 Å². The quantitative estimate of drug-likeness (QED) is 0.345. The summed E-state index contributed by atoms with van der Waals surface area (Å²) in [6.45, 7) is 1.91. The number of rotatable bonds is 7. The van der Waals surface area contributed by atoms with Gasteiger partial charge in [-0.2, -0.15) is 10.2 Å². The second-order valence-electron chi connectivity index (χ2n) is 7.09. The van der Waals surface area contributed by atoms with E-state index in [1.54, 1.807) is 23.8 Å². The minimum absolute atomic E-state index is 0.312. The van der Waals surface area contributed by atoms with E-state index in [0.717, 1.165) is 17.0 Å². The number of hydrogen-bond acceptors (Lipinski definition) is 7. The zero-order valence-corrected chi connectivity index (χ0v) is 18.7. The van der Waals surface area contributed by atoms with Crippen molar-refractivity contribution >= 4 is 17.8 Å². The first-order chi connectivity index (χ1) is 16.0. The highest BCUT2D eigenvalue weighted by atomic mass is 16.5. The fourth-order valence-corrected chi connectivity index (χ4v) is 3.40. The van der Waals surface area contributed by atoms with Gasteiger partial charge < -0.3 is 14.2 Å². The smallest absolute Gasteiger partial charge is 0.276 e. The van der Waals surface area contributed by atoms with Crippen molar-refractivity contribution in [1.82, 2.24) is 20.0 Å². The van der Waals surface area contributed by atoms with Gasteiger partial charge in [0.15, 0.2) is 17.1 Å². The molecule has 0 spiro atoms. The van der Waals surface area contributed by atoms with E-state index in [0.29, 0.717) is 34.0 Å². The van der Waals surface area contributed by atoms with Crippen LogP contribution < -0.4 is 19.6 Å². The zero-order valence-electron chi connectivity index (χ0n) is 18.7. The highest BCUT2D eigenvalue weighted by molar-refractivity contribution is 6.00. The standard InChI is InChI=1S/C24H23N5O4/c1-15-10-19(16-8-6-5-7-9-16)27-23-18(14-26-29(15)23)24(30)28-25-13-17-11-21(32-3)22(33-4)12-20(17)31-2/h5-14H,1-4H3,(H,28,30)/b25-13+. The van der Waals surface area contributed by atoms with Crippen LogP contribution in [0.4, 0.5) is 0 Å². The van der Waals surface area contributed by atoms with Crippen LogP contribution in [0.3, 0.4) is 0 Å². The molecule has 4 rings (SSSR count). The SMILES string of the molecule is COc1cc(OC)c(OC)cc1/C=N/NC(=O)c1cnn2c(C)cc(-c3ccccc3)nc12. The Balaban J connectivity index is 1.61. The number of aryl methyl sites for hydroxylation is 1. The third kappa shape index (κ3) is 4.33. The first-order valence-electron chi connectivity index (χ1n) is 10.1. The summed E-state index contributed by atoms with van der Waals surface area (Å²) in [7, 11) is 4.62. The summed E-state index contributed by atoms with van der Waals surface area (Å²) in [6.07, 6.45) is 2.95. The molecule has 0 unspecified atom stereocenters. The molecule has 0 aliphatic carbocycles. The van der Waals surface area contributed by atoms with E-state index < -0.39 is 5.91 Å². The number of methoxy groups -OCH3 is 3. The largest absolute Gasteiger partial charge is 0.496 e. The monoisotopic (exact) mass is 445 g/mol. The lowest BCUT2D eigenvalue weighted by atomic mass is 10.1. The molecule has 0 aliphatic rings. The number of hydrazone groups is 1. The second-order valence-corrected chi connectivity index (χ2v) is 7.09. The fraction of sp³-hybridized carbons (Fsp3) is 0.167. The minimum atomic E-state index is -0.433. The van der Waals surface area contributed by atoms with Crippen molar-refractivity contribution in [3.05, 3.63) is 71.5 Å². The van der Waals surface area contributed by atoms with Crippen LogP contribution >= 0.6 is 0 Å². The highest BCUT2D eigenvalue weighted by Gasteiger charge is 2.16. The van der Waals surface area contributed by atoms with E-state index >= 15 is 0 Å². The Morgan fingerprint density at radius 3 is 2.39 bits per heavy atom. The van der Waals surface area contributed by atoms with E-state index in [9.17, 15) is 4.79 Å². The molecule has 0 saturated carbocycles. The van der Waals surface area contributed by atoms with Crippen molar-refractivity contribution in [3.8, 4) is 28.5 Å². The Hall–Kier alpha value is -4.40. The van der Waals surface area contributed by atoms with Gasteiger partial charge in [-0.3, -0.25) is 4.79 Å². The molecule has 9 nitrogen and oxygen atoms in total. The summed E-state index contributed by atoms with van der Waals surface area (Å²) in [4.78, 5) is 17.5. The maximum Gasteiger partial charge on any atom is 0.276 e. The Labute approximate surface area is 190 Å². The van der Waals surface area contributed by atoms with Crippen molar-refractivity contribution < 1.29 is 19.0 Å². The second kappa shape index (κ2) is 9.39. The molecule has 9 heteroatoms. The molecule has 2 aromatic heterocycles. The molecule has 33 heavy (non-hydrogen) atoms. The van der Waals surface area contributed by atoms with Crippen molar-refractivity contribution in [2.24, 2.45) is 5.10 Å². The number of ether oxygens (including phenoxy) is 3. The van der Waals surface area contributed by atoms with Crippen LogP contribution in [0.1, 0.15) is 21.6 Å². The van der Waals surface area contributed by atoms with Crippen LogP contribution in [-0.4, -0.2) is 48.0 Å². The van der Waals surface area contributed by atoms with Gasteiger partial charge >= 0.3 is 0 Å². The molecular weight excluding hydrogens is 422 g/mol. The molecule has 0 aliphatic heterocycles. The number of carbonyl (C=O) groups excluding carboxylic acids is 1. The van der Waals surface area contributed by atoms with Gasteiger partial charge in [0.2, 0.25) is 0 Å². The number of aromatic nitrogens is 3. The van der Waals surface area contributed by atoms with E-state index in [-0.39, 0.29) is 0 Å². The van der Waals surface area contributed by atoms with Gasteiger partial charge in [-0.15, -0.1) is 0 Å². The Morgan fingerprint density at radius 2 is 1.70 bits per heavy atom. The van der Waals surface area contributed by atoms with Gasteiger partial charge in [0.05, 0.1) is 39.4 Å². The molecule has 0 fully saturated rings. The van der Waals surface area contributed by atoms with Gasteiger partial charge in [-0.05, 0) is 19.1 Å². The van der Waals surface area contributed by atoms with Crippen LogP contribution in [0, 0.1) is 6.92 Å². The molecule has 2 aromatic carbocycles. The predicted molar refractivity (Wildman–Crippen MR) is 124 cm³/mol. The van der Waals surface area contributed by atoms with Crippen LogP contribution in [-0.2, 0) is 0 Å². The number of amides is 1. The molecule has 1 N–H and O–H groups in total. The predicted octanol–water partition coefficient (Wildman–Crippen LogP) is 3.49. The average Bonchev–Trinajstić information content (AvgIpc) is 3.29. The molecule has 0 saturated heterocycles. The normalized spacial score (nSPS) is 11.0. The Morgan fingerprint density at radius 1 is 1.00 bits per heavy atom. The van der Waals surface area contributed by atoms with E-state index in [4.69, 9.17) is 14.2 Å². The summed E-state index contributed by atoms with van der Waals surface area (Å²) >= 11 is 0. The number of benzene rings is 2. The zero-order chi connectivity index (χ0) is 23.4. The van der Waals surface area contributed by atoms with E-state index in [1.165, 1.54) is 26.6 Å². The van der Waals surface area contributed by atoms with Gasteiger partial charge in [0.25, 0.3) is 5.91 Å². The van der Waals surface area contributed by atoms with Crippen molar-refractivity contribution in [1.29, 1.82) is 0 Å². The van der Waals surface area contributed by atoms with Crippen LogP contribution in [0.15, 0.2) is 59.8 Å². The maximum absolute atomic E-state index is 12.9. The van der Waals surface area contributed by atoms with Crippen molar-refractivity contribution in [2.75, 3.05) is 21.3 Å². The maximum atomic E-state index is 12.9. The lowest BCUT2D eigenvalue weighted by Crippen LogP contribution is -2.18. The average molecular weight is 445 g/mol.